The summed E-state index contributed by atoms with van der Waals surface area (Å²) in [5.41, 5.74) is 0. The second-order valence-corrected chi connectivity index (χ2v) is 12.8. The lowest BCUT2D eigenvalue weighted by molar-refractivity contribution is 0.259. The van der Waals surface area contributed by atoms with Crippen molar-refractivity contribution in [2.45, 2.75) is 12.2 Å². The van der Waals surface area contributed by atoms with Crippen molar-refractivity contribution in [3.8, 4) is 23.0 Å². The molecule has 0 aromatic heterocycles. The van der Waals surface area contributed by atoms with Crippen LogP contribution in [0.3, 0.4) is 0 Å². The first kappa shape index (κ1) is 25.7. The van der Waals surface area contributed by atoms with Gasteiger partial charge in [-0.05, 0) is 127 Å². The summed E-state index contributed by atoms with van der Waals surface area (Å²) in [4.78, 5) is 0. The van der Waals surface area contributed by atoms with Crippen molar-refractivity contribution < 1.29 is 23.7 Å². The Bertz CT molecular complexity index is 899. The normalized spacial score (nSPS) is 19.4. The highest BCUT2D eigenvalue weighted by atomic mass is 79.9. The topological polar surface area (TPSA) is 52.8 Å². The van der Waals surface area contributed by atoms with Gasteiger partial charge in [-0.25, -0.2) is 0 Å². The molecule has 0 radical (unpaired) electrons. The third-order valence-electron chi connectivity index (χ3n) is 4.20. The third kappa shape index (κ3) is 5.72. The Balaban J connectivity index is 1.68. The van der Waals surface area contributed by atoms with E-state index in [1.165, 1.54) is 0 Å². The van der Waals surface area contributed by atoms with Gasteiger partial charge >= 0.3 is 0 Å². The fourth-order valence-electron chi connectivity index (χ4n) is 2.40. The van der Waals surface area contributed by atoms with Crippen molar-refractivity contribution in [1.29, 1.82) is 0 Å². The molecule has 4 rings (SSSR count). The minimum atomic E-state index is 0.140. The van der Waals surface area contributed by atoms with Crippen LogP contribution in [0.5, 0.6) is 23.0 Å². The zero-order valence-corrected chi connectivity index (χ0v) is 27.7. The van der Waals surface area contributed by atoms with Crippen molar-refractivity contribution in [3.63, 3.8) is 0 Å². The molecule has 0 N–H and O–H groups in total. The molecular weight excluding hydrogens is 935 g/mol. The molecule has 5 nitrogen and oxygen atoms in total. The van der Waals surface area contributed by atoms with Crippen LogP contribution in [0.1, 0.15) is 0 Å². The van der Waals surface area contributed by atoms with E-state index >= 15 is 0 Å². The van der Waals surface area contributed by atoms with E-state index in [1.54, 1.807) is 0 Å². The number of benzene rings is 2. The SMILES string of the molecule is Brc1c(Br)c(Oc2c(Br)c(Br)c(OCC3CO3)c(Br)c2Br)c(Br)c(Br)c1OCC1CO1. The highest BCUT2D eigenvalue weighted by molar-refractivity contribution is 9.14. The Kier molecular flexibility index (Phi) is 8.86. The van der Waals surface area contributed by atoms with Gasteiger partial charge in [0.05, 0.1) is 49.0 Å². The van der Waals surface area contributed by atoms with E-state index in [4.69, 9.17) is 23.7 Å². The minimum absolute atomic E-state index is 0.140. The number of hydrogen-bond acceptors (Lipinski definition) is 5. The van der Waals surface area contributed by atoms with E-state index in [0.717, 1.165) is 13.2 Å². The van der Waals surface area contributed by atoms with Crippen LogP contribution in [0.15, 0.2) is 35.8 Å². The summed E-state index contributed by atoms with van der Waals surface area (Å²) in [6.45, 7) is 2.39. The first-order chi connectivity index (χ1) is 14.7. The summed E-state index contributed by atoms with van der Waals surface area (Å²) in [7, 11) is 0. The van der Waals surface area contributed by atoms with Crippen LogP contribution in [0, 0.1) is 0 Å². The Morgan fingerprint density at radius 1 is 0.516 bits per heavy atom. The van der Waals surface area contributed by atoms with E-state index in [-0.39, 0.29) is 12.2 Å². The maximum atomic E-state index is 6.34. The summed E-state index contributed by atoms with van der Waals surface area (Å²) < 4.78 is 34.2. The second kappa shape index (κ2) is 10.7. The zero-order chi connectivity index (χ0) is 22.4. The van der Waals surface area contributed by atoms with Gasteiger partial charge < -0.3 is 23.7 Å². The van der Waals surface area contributed by atoms with Gasteiger partial charge in [0.2, 0.25) is 0 Å². The predicted molar refractivity (Wildman–Crippen MR) is 145 cm³/mol. The quantitative estimate of drug-likeness (QED) is 0.196. The van der Waals surface area contributed by atoms with Crippen LogP contribution in [0.25, 0.3) is 0 Å². The average molecular weight is 946 g/mol. The van der Waals surface area contributed by atoms with E-state index in [2.05, 4.69) is 127 Å². The molecule has 2 atom stereocenters. The van der Waals surface area contributed by atoms with E-state index in [9.17, 15) is 0 Å². The van der Waals surface area contributed by atoms with Crippen molar-refractivity contribution in [2.75, 3.05) is 26.4 Å². The molecule has 0 aliphatic carbocycles. The smallest absolute Gasteiger partial charge is 0.158 e. The summed E-state index contributed by atoms with van der Waals surface area (Å²) >= 11 is 28.9. The van der Waals surface area contributed by atoms with Gasteiger partial charge in [0.15, 0.2) is 11.5 Å². The highest BCUT2D eigenvalue weighted by Gasteiger charge is 2.30. The molecule has 2 aliphatic rings. The number of ether oxygens (including phenoxy) is 5. The fraction of sp³-hybridized carbons (Fsp3) is 0.333. The largest absolute Gasteiger partial charge is 0.488 e. The summed E-state index contributed by atoms with van der Waals surface area (Å²) in [5, 5.41) is 0. The van der Waals surface area contributed by atoms with Crippen molar-refractivity contribution in [2.24, 2.45) is 0 Å². The maximum Gasteiger partial charge on any atom is 0.158 e. The maximum absolute atomic E-state index is 6.34. The van der Waals surface area contributed by atoms with Crippen LogP contribution in [-0.2, 0) is 9.47 Å². The van der Waals surface area contributed by atoms with Gasteiger partial charge in [-0.1, -0.05) is 0 Å². The fourth-order valence-corrected chi connectivity index (χ4v) is 7.27. The molecule has 0 amide bonds. The average Bonchev–Trinajstić information content (AvgIpc) is 3.65. The molecule has 31 heavy (non-hydrogen) atoms. The van der Waals surface area contributed by atoms with Crippen molar-refractivity contribution >= 4 is 127 Å². The Morgan fingerprint density at radius 3 is 1.03 bits per heavy atom. The molecule has 2 heterocycles. The number of hydrogen-bond donors (Lipinski definition) is 0. The van der Waals surface area contributed by atoms with Gasteiger partial charge in [-0.2, -0.15) is 0 Å². The van der Waals surface area contributed by atoms with Crippen LogP contribution in [0.2, 0.25) is 0 Å². The van der Waals surface area contributed by atoms with E-state index in [0.29, 0.717) is 72.0 Å². The van der Waals surface area contributed by atoms with E-state index in [1.807, 2.05) is 0 Å². The van der Waals surface area contributed by atoms with Crippen LogP contribution < -0.4 is 14.2 Å². The zero-order valence-electron chi connectivity index (χ0n) is 15.0. The lowest BCUT2D eigenvalue weighted by atomic mass is 10.3. The Hall–Kier alpha value is 1.60. The minimum Gasteiger partial charge on any atom is -0.488 e. The molecule has 2 aromatic carbocycles. The molecule has 2 aliphatic heterocycles. The summed E-state index contributed by atoms with van der Waals surface area (Å²) in [5.74, 6) is 2.39. The molecule has 2 saturated heterocycles. The second-order valence-electron chi connectivity index (χ2n) is 6.46. The molecular formula is C18H10Br8O5. The number of epoxide rings is 2. The lowest BCUT2D eigenvalue weighted by Crippen LogP contribution is -2.06. The predicted octanol–water partition coefficient (Wildman–Crippen LogP) is 9.13. The van der Waals surface area contributed by atoms with Gasteiger partial charge in [0.25, 0.3) is 0 Å². The Labute approximate surface area is 245 Å². The first-order valence-corrected chi connectivity index (χ1v) is 14.9. The number of rotatable bonds is 8. The molecule has 2 fully saturated rings. The highest BCUT2D eigenvalue weighted by Crippen LogP contribution is 2.56. The number of halogens is 8. The monoisotopic (exact) mass is 937 g/mol. The van der Waals surface area contributed by atoms with E-state index < -0.39 is 0 Å². The molecule has 2 unspecified atom stereocenters. The van der Waals surface area contributed by atoms with Gasteiger partial charge in [0, 0.05) is 0 Å². The van der Waals surface area contributed by atoms with Crippen LogP contribution in [0.4, 0.5) is 0 Å². The van der Waals surface area contributed by atoms with Gasteiger partial charge in [-0.3, -0.25) is 0 Å². The Morgan fingerprint density at radius 2 is 0.774 bits per heavy atom. The standard InChI is InChI=1S/C18H10Br8O5/c19-7-11(23)17(12(24)8(20)15(7)29-3-5-1-27-5)31-18-13(25)9(21)16(10(22)14(18)26)30-4-6-2-28-6/h5-6H,1-4H2. The summed E-state index contributed by atoms with van der Waals surface area (Å²) in [6.07, 6.45) is 0.280. The van der Waals surface area contributed by atoms with Crippen LogP contribution in [-0.4, -0.2) is 38.6 Å². The van der Waals surface area contributed by atoms with Crippen molar-refractivity contribution in [3.05, 3.63) is 35.8 Å². The van der Waals surface area contributed by atoms with Crippen molar-refractivity contribution in [1.82, 2.24) is 0 Å². The molecule has 0 bridgehead atoms. The van der Waals surface area contributed by atoms with Crippen LogP contribution >= 0.6 is 127 Å². The molecule has 168 valence electrons. The molecule has 0 saturated carbocycles. The molecule has 0 spiro atoms. The first-order valence-electron chi connectivity index (χ1n) is 8.59. The van der Waals surface area contributed by atoms with Gasteiger partial charge in [0.1, 0.15) is 36.9 Å². The lowest BCUT2D eigenvalue weighted by Gasteiger charge is -2.20. The molecule has 13 heteroatoms. The molecule has 2 aromatic rings. The third-order valence-corrected chi connectivity index (χ3v) is 12.4. The van der Waals surface area contributed by atoms with Gasteiger partial charge in [-0.15, -0.1) is 0 Å². The summed E-state index contributed by atoms with van der Waals surface area (Å²) in [6, 6.07) is 0.